The Hall–Kier alpha value is -1.27. The van der Waals surface area contributed by atoms with Crippen molar-refractivity contribution in [3.8, 4) is 5.75 Å². The molecule has 116 valence electrons. The summed E-state index contributed by atoms with van der Waals surface area (Å²) in [6.45, 7) is 1.94. The van der Waals surface area contributed by atoms with E-state index >= 15 is 0 Å². The van der Waals surface area contributed by atoms with E-state index in [4.69, 9.17) is 21.4 Å². The molecule has 1 unspecified atom stereocenters. The maximum atomic E-state index is 11.6. The first-order valence-electron chi connectivity index (χ1n) is 6.47. The number of halogens is 2. The van der Waals surface area contributed by atoms with Gasteiger partial charge in [-0.2, -0.15) is 0 Å². The van der Waals surface area contributed by atoms with Crippen LogP contribution in [0.25, 0.3) is 0 Å². The highest BCUT2D eigenvalue weighted by molar-refractivity contribution is 9.10. The number of carbonyl (C=O) groups is 2. The van der Waals surface area contributed by atoms with Crippen molar-refractivity contribution in [1.29, 1.82) is 0 Å². The van der Waals surface area contributed by atoms with Crippen molar-refractivity contribution >= 4 is 39.4 Å². The first kappa shape index (κ1) is 17.8. The molecule has 0 bridgehead atoms. The van der Waals surface area contributed by atoms with E-state index in [1.165, 1.54) is 0 Å². The molecular formula is C14H17BrClNO4. The Morgan fingerprint density at radius 1 is 1.48 bits per heavy atom. The lowest BCUT2D eigenvalue weighted by Crippen LogP contribution is -2.30. The molecule has 1 aromatic rings. The van der Waals surface area contributed by atoms with Crippen LogP contribution in [0.5, 0.6) is 5.75 Å². The normalized spacial score (nSPS) is 11.8. The van der Waals surface area contributed by atoms with Gasteiger partial charge in [-0.05, 0) is 31.0 Å². The van der Waals surface area contributed by atoms with Crippen LogP contribution < -0.4 is 10.1 Å². The van der Waals surface area contributed by atoms with Gasteiger partial charge in [0, 0.05) is 11.0 Å². The van der Waals surface area contributed by atoms with Crippen molar-refractivity contribution in [2.24, 2.45) is 5.92 Å². The number of amides is 1. The van der Waals surface area contributed by atoms with Crippen molar-refractivity contribution in [2.75, 3.05) is 13.2 Å². The number of ether oxygens (including phenoxy) is 1. The first-order valence-corrected chi connectivity index (χ1v) is 7.64. The molecule has 0 fully saturated rings. The van der Waals surface area contributed by atoms with Gasteiger partial charge in [-0.3, -0.25) is 9.59 Å². The number of benzene rings is 1. The van der Waals surface area contributed by atoms with Gasteiger partial charge < -0.3 is 15.2 Å². The zero-order chi connectivity index (χ0) is 15.8. The lowest BCUT2D eigenvalue weighted by molar-refractivity contribution is -0.141. The number of hydrogen-bond acceptors (Lipinski definition) is 3. The van der Waals surface area contributed by atoms with Crippen molar-refractivity contribution in [3.63, 3.8) is 0 Å². The molecular weight excluding hydrogens is 362 g/mol. The van der Waals surface area contributed by atoms with E-state index in [0.29, 0.717) is 30.2 Å². The van der Waals surface area contributed by atoms with Gasteiger partial charge in [0.2, 0.25) is 0 Å². The Kier molecular flexibility index (Phi) is 7.53. The number of hydrogen-bond donors (Lipinski definition) is 2. The van der Waals surface area contributed by atoms with E-state index in [-0.39, 0.29) is 12.5 Å². The van der Waals surface area contributed by atoms with Crippen molar-refractivity contribution in [1.82, 2.24) is 5.32 Å². The molecule has 1 rings (SSSR count). The number of carboxylic acid groups (broad SMARTS) is 1. The summed E-state index contributed by atoms with van der Waals surface area (Å²) in [4.78, 5) is 22.2. The summed E-state index contributed by atoms with van der Waals surface area (Å²) in [7, 11) is 0. The van der Waals surface area contributed by atoms with Gasteiger partial charge in [0.25, 0.3) is 5.91 Å². The second kappa shape index (κ2) is 8.89. The van der Waals surface area contributed by atoms with Crippen LogP contribution in [0.15, 0.2) is 22.7 Å². The third-order valence-electron chi connectivity index (χ3n) is 2.81. The van der Waals surface area contributed by atoms with Crippen molar-refractivity contribution in [3.05, 3.63) is 27.7 Å². The molecule has 21 heavy (non-hydrogen) atoms. The Morgan fingerprint density at radius 2 is 2.19 bits per heavy atom. The van der Waals surface area contributed by atoms with E-state index < -0.39 is 11.9 Å². The van der Waals surface area contributed by atoms with Gasteiger partial charge in [0.15, 0.2) is 6.61 Å². The zero-order valence-corrected chi connectivity index (χ0v) is 13.9. The summed E-state index contributed by atoms with van der Waals surface area (Å²) >= 11 is 9.24. The molecule has 1 atom stereocenters. The van der Waals surface area contributed by atoms with Gasteiger partial charge >= 0.3 is 5.97 Å². The number of aliphatic carboxylic acids is 1. The van der Waals surface area contributed by atoms with Gasteiger partial charge in [-0.15, -0.1) is 0 Å². The van der Waals surface area contributed by atoms with E-state index in [1.54, 1.807) is 25.1 Å². The van der Waals surface area contributed by atoms with E-state index in [1.807, 2.05) is 0 Å². The van der Waals surface area contributed by atoms with Crippen LogP contribution in [0.2, 0.25) is 5.02 Å². The number of carboxylic acids is 1. The summed E-state index contributed by atoms with van der Waals surface area (Å²) < 4.78 is 6.14. The maximum absolute atomic E-state index is 11.6. The summed E-state index contributed by atoms with van der Waals surface area (Å²) in [5, 5.41) is 11.8. The Balaban J connectivity index is 2.24. The van der Waals surface area contributed by atoms with Gasteiger partial charge in [0.1, 0.15) is 5.75 Å². The van der Waals surface area contributed by atoms with Gasteiger partial charge in [0.05, 0.1) is 10.9 Å². The highest BCUT2D eigenvalue weighted by Gasteiger charge is 2.10. The molecule has 1 aromatic carbocycles. The highest BCUT2D eigenvalue weighted by Crippen LogP contribution is 2.27. The molecule has 2 N–H and O–H groups in total. The number of carbonyl (C=O) groups excluding carboxylic acids is 1. The molecule has 0 aliphatic rings. The SMILES string of the molecule is CC(CCCNC(=O)COc1ccc(Br)cc1Cl)C(=O)O. The third-order valence-corrected chi connectivity index (χ3v) is 3.60. The predicted octanol–water partition coefficient (Wildman–Crippen LogP) is 3.10. The van der Waals surface area contributed by atoms with Crippen LogP contribution in [0.4, 0.5) is 0 Å². The Labute approximate surface area is 136 Å². The molecule has 0 aliphatic carbocycles. The quantitative estimate of drug-likeness (QED) is 0.682. The Bertz CT molecular complexity index is 510. The second-order valence-corrected chi connectivity index (χ2v) is 5.92. The molecule has 0 saturated heterocycles. The first-order chi connectivity index (χ1) is 9.90. The lowest BCUT2D eigenvalue weighted by Gasteiger charge is -2.09. The molecule has 7 heteroatoms. The lowest BCUT2D eigenvalue weighted by atomic mass is 10.1. The molecule has 0 saturated carbocycles. The average Bonchev–Trinajstić information content (AvgIpc) is 2.42. The minimum absolute atomic E-state index is 0.129. The number of rotatable bonds is 8. The van der Waals surface area contributed by atoms with E-state index in [2.05, 4.69) is 21.2 Å². The van der Waals surface area contributed by atoms with Gasteiger partial charge in [-0.1, -0.05) is 34.5 Å². The van der Waals surface area contributed by atoms with Crippen LogP contribution >= 0.6 is 27.5 Å². The Morgan fingerprint density at radius 3 is 2.81 bits per heavy atom. The molecule has 0 aromatic heterocycles. The predicted molar refractivity (Wildman–Crippen MR) is 83.7 cm³/mol. The minimum Gasteiger partial charge on any atom is -0.482 e. The van der Waals surface area contributed by atoms with E-state index in [0.717, 1.165) is 4.47 Å². The molecule has 0 aliphatic heterocycles. The topological polar surface area (TPSA) is 75.6 Å². The molecule has 0 heterocycles. The fourth-order valence-electron chi connectivity index (χ4n) is 1.55. The van der Waals surface area contributed by atoms with Crippen molar-refractivity contribution < 1.29 is 19.4 Å². The second-order valence-electron chi connectivity index (χ2n) is 4.59. The smallest absolute Gasteiger partial charge is 0.306 e. The van der Waals surface area contributed by atoms with Crippen LogP contribution in [0, 0.1) is 5.92 Å². The molecule has 0 radical (unpaired) electrons. The number of nitrogens with one attached hydrogen (secondary N) is 1. The van der Waals surface area contributed by atoms with Crippen LogP contribution in [-0.2, 0) is 9.59 Å². The van der Waals surface area contributed by atoms with Crippen LogP contribution in [0.3, 0.4) is 0 Å². The van der Waals surface area contributed by atoms with E-state index in [9.17, 15) is 9.59 Å². The monoisotopic (exact) mass is 377 g/mol. The fraction of sp³-hybridized carbons (Fsp3) is 0.429. The average molecular weight is 379 g/mol. The standard InChI is InChI=1S/C14H17BrClNO4/c1-9(14(19)20)3-2-6-17-13(18)8-21-12-5-4-10(15)7-11(12)16/h4-5,7,9H,2-3,6,8H2,1H3,(H,17,18)(H,19,20). The molecule has 1 amide bonds. The maximum Gasteiger partial charge on any atom is 0.306 e. The minimum atomic E-state index is -0.824. The van der Waals surface area contributed by atoms with Crippen LogP contribution in [-0.4, -0.2) is 30.1 Å². The summed E-state index contributed by atoms with van der Waals surface area (Å²) in [5.74, 6) is -1.05. The zero-order valence-electron chi connectivity index (χ0n) is 11.6. The highest BCUT2D eigenvalue weighted by atomic mass is 79.9. The summed E-state index contributed by atoms with van der Waals surface area (Å²) in [6.07, 6.45) is 1.13. The van der Waals surface area contributed by atoms with Crippen molar-refractivity contribution in [2.45, 2.75) is 19.8 Å². The van der Waals surface area contributed by atoms with Gasteiger partial charge in [-0.25, -0.2) is 0 Å². The summed E-state index contributed by atoms with van der Waals surface area (Å²) in [6, 6.07) is 5.13. The third kappa shape index (κ3) is 6.82. The largest absolute Gasteiger partial charge is 0.482 e. The molecule has 0 spiro atoms. The molecule has 5 nitrogen and oxygen atoms in total. The fourth-order valence-corrected chi connectivity index (χ4v) is 2.27. The summed E-state index contributed by atoms with van der Waals surface area (Å²) in [5.41, 5.74) is 0. The van der Waals surface area contributed by atoms with Crippen LogP contribution in [0.1, 0.15) is 19.8 Å².